The SMILES string of the molecule is CC1(C)c2cccnc2-c2c1cc1ccncc1c2O.CI.Cc1c(-c2ncccc2C#N)ccc2ccncc12.Cc1c(-c2ncccc2C(=O)O)ccc2ccncc12.Cc1c(O[B]O)ccc2ccncc12.Cc1c2c(cc3ccncc13)C(=O)c1cccnc1-2.Cc1c2c(cc3ccncc13)C(C)(C)c1cccnc1-2.Cc1c2c(cc3ccncc13)Cc1cccnc1-2.N#Cc1cccnc1Cl.[Be+2].[Pd]. The van der Waals surface area contributed by atoms with Gasteiger partial charge in [0.15, 0.2) is 5.78 Å². The van der Waals surface area contributed by atoms with Crippen molar-refractivity contribution in [3.63, 3.8) is 0 Å². The van der Waals surface area contributed by atoms with Crippen LogP contribution in [-0.4, -0.2) is 120 Å². The number of carboxylic acids is 1. The molecule has 21 aromatic rings. The van der Waals surface area contributed by atoms with Gasteiger partial charge in [-0.2, -0.15) is 10.5 Å². The number of ketones is 1. The number of rotatable bonds is 5. The number of nitriles is 2. The first-order valence-electron chi connectivity index (χ1n) is 45.1. The molecule has 0 spiro atoms. The molecule has 4 aliphatic carbocycles. The van der Waals surface area contributed by atoms with Crippen molar-refractivity contribution in [3.05, 3.63) is 418 Å². The summed E-state index contributed by atoms with van der Waals surface area (Å²) >= 11 is 7.64. The van der Waals surface area contributed by atoms with Crippen LogP contribution in [0.2, 0.25) is 5.15 Å². The van der Waals surface area contributed by atoms with E-state index in [4.69, 9.17) is 26.5 Å². The number of aromatic nitrogens is 14. The molecule has 1 radical (unpaired) electrons. The van der Waals surface area contributed by atoms with Crippen molar-refractivity contribution in [2.45, 2.75) is 86.5 Å². The van der Waals surface area contributed by atoms with Gasteiger partial charge in [0, 0.05) is 250 Å². The average molecular weight is 2090 g/mol. The van der Waals surface area contributed by atoms with Gasteiger partial charge >= 0.3 is 23.8 Å². The van der Waals surface area contributed by atoms with E-state index in [2.05, 4.69) is 189 Å². The molecular weight excluding hydrogens is 2000 g/mol. The van der Waals surface area contributed by atoms with Gasteiger partial charge in [-0.05, 0) is 284 Å². The molecule has 22 nitrogen and oxygen atoms in total. The van der Waals surface area contributed by atoms with E-state index in [1.165, 1.54) is 66.1 Å². The van der Waals surface area contributed by atoms with Gasteiger partial charge < -0.3 is 19.9 Å². The molecule has 0 saturated heterocycles. The first-order chi connectivity index (χ1) is 68.5. The molecule has 697 valence electrons. The third-order valence-corrected chi connectivity index (χ3v) is 26.5. The number of carboxylic acid groups (broad SMARTS) is 1. The van der Waals surface area contributed by atoms with Crippen LogP contribution in [0.15, 0.2) is 318 Å². The summed E-state index contributed by atoms with van der Waals surface area (Å²) in [5, 5.41) is 61.7. The summed E-state index contributed by atoms with van der Waals surface area (Å²) in [7, 11) is 0.685. The molecule has 25 rings (SSSR count). The van der Waals surface area contributed by atoms with Gasteiger partial charge in [-0.3, -0.25) is 69.6 Å². The Morgan fingerprint density at radius 2 is 0.762 bits per heavy atom. The van der Waals surface area contributed by atoms with Crippen LogP contribution in [0.5, 0.6) is 11.5 Å². The molecule has 14 heterocycles. The molecule has 0 amide bonds. The monoisotopic (exact) mass is 2090 g/mol. The van der Waals surface area contributed by atoms with Gasteiger partial charge in [0.05, 0.1) is 50.9 Å². The maximum absolute atomic E-state index is 12.4. The first kappa shape index (κ1) is 101. The minimum atomic E-state index is -0.973. The minimum Gasteiger partial charge on any atom is -0.537 e. The summed E-state index contributed by atoms with van der Waals surface area (Å²) in [6.45, 7) is 21.2. The number of pyridine rings is 14. The number of hydrogen-bond acceptors (Lipinski definition) is 21. The Morgan fingerprint density at radius 1 is 0.378 bits per heavy atom. The van der Waals surface area contributed by atoms with E-state index in [-0.39, 0.29) is 63.6 Å². The third-order valence-electron chi connectivity index (χ3n) is 26.2. The molecule has 3 N–H and O–H groups in total. The number of phenolic OH excluding ortho intramolecular Hbond substituents is 1. The average Bonchev–Trinajstić information content (AvgIpc) is 1.56. The van der Waals surface area contributed by atoms with E-state index in [1.807, 2.05) is 185 Å². The number of benzene rings is 7. The summed E-state index contributed by atoms with van der Waals surface area (Å²) in [5.41, 5.74) is 28.4. The number of carbonyl (C=O) groups excluding carboxylic acids is 1. The van der Waals surface area contributed by atoms with E-state index in [0.29, 0.717) is 35.8 Å². The van der Waals surface area contributed by atoms with Crippen LogP contribution in [0.4, 0.5) is 0 Å². The van der Waals surface area contributed by atoms with Gasteiger partial charge in [-0.25, -0.2) is 9.78 Å². The number of aromatic hydroxyl groups is 1. The van der Waals surface area contributed by atoms with Crippen molar-refractivity contribution in [2.24, 2.45) is 0 Å². The van der Waals surface area contributed by atoms with Gasteiger partial charge in [-0.1, -0.05) is 116 Å². The van der Waals surface area contributed by atoms with E-state index in [1.54, 1.807) is 123 Å². The Hall–Kier alpha value is -15.9. The molecule has 0 bridgehead atoms. The summed E-state index contributed by atoms with van der Waals surface area (Å²) in [6.07, 6.45) is 38.5. The number of aromatic carboxylic acids is 1. The molecule has 0 aliphatic heterocycles. The Bertz CT molecular complexity index is 8460. The zero-order valence-corrected chi connectivity index (χ0v) is 84.3. The number of carbonyl (C=O) groups is 2. The molecule has 14 aromatic heterocycles. The third kappa shape index (κ3) is 19.9. The quantitative estimate of drug-likeness (QED) is 0.0623. The normalized spacial score (nSPS) is 11.9. The van der Waals surface area contributed by atoms with E-state index >= 15 is 0 Å². The molecule has 7 aromatic carbocycles. The predicted molar refractivity (Wildman–Crippen MR) is 572 cm³/mol. The van der Waals surface area contributed by atoms with Crippen LogP contribution in [0.3, 0.4) is 0 Å². The largest absolute Gasteiger partial charge is 2.00 e. The molecule has 4 aliphatic rings. The number of phenols is 1. The number of hydrogen-bond donors (Lipinski definition) is 3. The van der Waals surface area contributed by atoms with Crippen molar-refractivity contribution < 1.29 is 49.9 Å². The smallest absolute Gasteiger partial charge is 0.537 e. The van der Waals surface area contributed by atoms with Crippen LogP contribution in [0.1, 0.15) is 132 Å². The minimum absolute atomic E-state index is 0. The molecule has 143 heavy (non-hydrogen) atoms. The zero-order valence-electron chi connectivity index (χ0n) is 79.8. The summed E-state index contributed by atoms with van der Waals surface area (Å²) in [5.74, 6) is 0.0304. The summed E-state index contributed by atoms with van der Waals surface area (Å²) in [6, 6.07) is 64.5. The maximum atomic E-state index is 12.4. The Morgan fingerprint density at radius 3 is 1.27 bits per heavy atom. The second kappa shape index (κ2) is 44.3. The fraction of sp³-hybridized carbons (Fsp3) is 0.121. The number of aryl methyl sites for hydroxylation is 6. The molecular formula is C116H90BBeClIN16O6Pd+2. The van der Waals surface area contributed by atoms with Gasteiger partial charge in [0.2, 0.25) is 0 Å². The summed E-state index contributed by atoms with van der Waals surface area (Å²) in [4.78, 5) is 85.2. The van der Waals surface area contributed by atoms with Crippen molar-refractivity contribution in [1.82, 2.24) is 69.8 Å². The number of nitrogens with zero attached hydrogens (tertiary/aromatic N) is 16. The van der Waals surface area contributed by atoms with Crippen molar-refractivity contribution in [2.75, 3.05) is 4.93 Å². The topological polar surface area (TPSA) is 332 Å². The second-order valence-electron chi connectivity index (χ2n) is 34.7. The molecule has 27 heteroatoms. The van der Waals surface area contributed by atoms with Crippen molar-refractivity contribution >= 4 is 139 Å². The Labute approximate surface area is 863 Å². The zero-order chi connectivity index (χ0) is 98.9. The van der Waals surface area contributed by atoms with Crippen molar-refractivity contribution in [1.29, 1.82) is 10.5 Å². The Kier molecular flexibility index (Phi) is 31.4. The first-order valence-corrected chi connectivity index (χ1v) is 47.7. The Balaban J connectivity index is 0.000000123. The van der Waals surface area contributed by atoms with Crippen LogP contribution in [0, 0.1) is 64.2 Å². The van der Waals surface area contributed by atoms with Gasteiger partial charge in [0.1, 0.15) is 28.8 Å². The second-order valence-corrected chi connectivity index (χ2v) is 35.1. The fourth-order valence-corrected chi connectivity index (χ4v) is 19.2. The standard InChI is InChI=1S/C18H16N2.C17H14N2O.C16H11N3.C16H12N2O2.C16H10N2O.C16H12N2.C10H9BNO2.C6H3ClN2.CH3I.Be.Pd/c1-11-13-10-19-8-6-12(13)9-15-16(11)17-14(18(15,2)3)5-4-7-20-17;1-17(2)12-4-3-6-19-15(12)14-13(17)8-10-5-7-18-9-11(10)16(14)20;1-11-14(16-13(9-17)3-2-7-19-16)5-4-12-6-8-18-10-15(11)12;1-10-12(5-4-11-6-8-17-9-14(10)11)15-13(16(19)20)3-2-7-18-15;1-9-13-8-17-6-4-10(13)7-12-14(9)15-11(16(12)19)3-2-5-18-15;1-10-14-9-17-6-4-11(14)7-13-8-12-3-2-5-18-16(12)15(10)13;1-7-9-6-12-5-4-8(9)2-3-10(7)14-11-13;7-6-5(4-8)2-1-3-9-6;1-2;;/h4-10H,1-3H3;3-9,20H,1-2H3;2-8,10H,1H3;2-9H,1H3,(H,19,20);2-8H,1H3;2-7,9H,8H2,1H3;2-6,13H,1H3;1-3H;1H3;;/q;;;;;;;;;+2;. The van der Waals surface area contributed by atoms with E-state index in [9.17, 15) is 25.1 Å². The van der Waals surface area contributed by atoms with Gasteiger partial charge in [0.25, 0.3) is 0 Å². The summed E-state index contributed by atoms with van der Waals surface area (Å²) < 4.78 is 4.95. The molecule has 0 fully saturated rings. The predicted octanol–water partition coefficient (Wildman–Crippen LogP) is 25.0. The number of fused-ring (bicyclic) bond motifs is 19. The van der Waals surface area contributed by atoms with Gasteiger partial charge in [-0.15, -0.1) is 0 Å². The van der Waals surface area contributed by atoms with Crippen LogP contribution in [0.25, 0.3) is 143 Å². The molecule has 0 unspecified atom stereocenters. The fourth-order valence-electron chi connectivity index (χ4n) is 19.0. The molecule has 0 atom stereocenters. The van der Waals surface area contributed by atoms with E-state index in [0.717, 1.165) is 150 Å². The van der Waals surface area contributed by atoms with Crippen molar-refractivity contribution in [3.8, 4) is 91.2 Å². The van der Waals surface area contributed by atoms with Crippen LogP contribution < -0.4 is 4.65 Å². The number of halogens is 2. The van der Waals surface area contributed by atoms with E-state index < -0.39 is 5.97 Å². The van der Waals surface area contributed by atoms with Crippen LogP contribution >= 0.6 is 34.2 Å². The van der Waals surface area contributed by atoms with Crippen LogP contribution in [-0.2, 0) is 37.7 Å². The molecule has 0 saturated carbocycles. The maximum Gasteiger partial charge on any atom is 2.00 e. The number of alkyl halides is 1.